The molecule has 1 saturated carbocycles. The largest absolute Gasteiger partial charge is 0.513 e. The van der Waals surface area contributed by atoms with Gasteiger partial charge in [0.25, 0.3) is 0 Å². The zero-order valence-corrected chi connectivity index (χ0v) is 13.8. The molecule has 1 atom stereocenters. The third-order valence-electron chi connectivity index (χ3n) is 4.32. The maximum absolute atomic E-state index is 9.82. The number of aliphatic hydroxyl groups is 1. The summed E-state index contributed by atoms with van der Waals surface area (Å²) >= 11 is 0. The van der Waals surface area contributed by atoms with Crippen LogP contribution in [0.15, 0.2) is 23.5 Å². The quantitative estimate of drug-likeness (QED) is 0.436. The first-order valence-corrected chi connectivity index (χ1v) is 9.68. The predicted molar refractivity (Wildman–Crippen MR) is 80.4 cm³/mol. The summed E-state index contributed by atoms with van der Waals surface area (Å²) in [6.45, 7) is 17.1. The Labute approximate surface area is 113 Å². The molecule has 0 amide bonds. The van der Waals surface area contributed by atoms with Crippen molar-refractivity contribution in [1.82, 2.24) is 0 Å². The lowest BCUT2D eigenvalue weighted by atomic mass is 9.88. The van der Waals surface area contributed by atoms with Crippen molar-refractivity contribution in [2.75, 3.05) is 0 Å². The lowest BCUT2D eigenvalue weighted by Gasteiger charge is -2.41. The molecular formula is C15H28O2Si. The van der Waals surface area contributed by atoms with Gasteiger partial charge in [-0.05, 0) is 49.9 Å². The summed E-state index contributed by atoms with van der Waals surface area (Å²) in [5.41, 5.74) is 2.32. The van der Waals surface area contributed by atoms with Gasteiger partial charge in [0.15, 0.2) is 8.32 Å². The fourth-order valence-corrected chi connectivity index (χ4v) is 3.31. The van der Waals surface area contributed by atoms with Crippen LogP contribution >= 0.6 is 0 Å². The van der Waals surface area contributed by atoms with Crippen LogP contribution in [0.5, 0.6) is 0 Å². The summed E-state index contributed by atoms with van der Waals surface area (Å²) in [6.07, 6.45) is 2.77. The molecule has 1 rings (SSSR count). The zero-order valence-electron chi connectivity index (χ0n) is 12.8. The van der Waals surface area contributed by atoms with E-state index in [9.17, 15) is 5.11 Å². The zero-order chi connectivity index (χ0) is 14.1. The van der Waals surface area contributed by atoms with E-state index in [-0.39, 0.29) is 11.1 Å². The summed E-state index contributed by atoms with van der Waals surface area (Å²) < 4.78 is 6.45. The number of hydrogen-bond donors (Lipinski definition) is 1. The highest BCUT2D eigenvalue weighted by atomic mass is 28.4. The van der Waals surface area contributed by atoms with Gasteiger partial charge in [0.05, 0.1) is 11.9 Å². The fourth-order valence-electron chi connectivity index (χ4n) is 2.02. The number of hydrogen-bond acceptors (Lipinski definition) is 2. The van der Waals surface area contributed by atoms with Gasteiger partial charge < -0.3 is 9.53 Å². The highest BCUT2D eigenvalue weighted by Crippen LogP contribution is 2.41. The summed E-state index contributed by atoms with van der Waals surface area (Å²) in [7, 11) is -1.80. The Morgan fingerprint density at radius 3 is 2.33 bits per heavy atom. The highest BCUT2D eigenvalue weighted by Gasteiger charge is 2.40. The van der Waals surface area contributed by atoms with Crippen LogP contribution in [0.1, 0.15) is 47.0 Å². The van der Waals surface area contributed by atoms with Crippen molar-refractivity contribution in [1.29, 1.82) is 0 Å². The second-order valence-electron chi connectivity index (χ2n) is 6.93. The SMILES string of the molecule is C=C1CCC(=C(C)O)C(O[Si](C)(C)C(C)(C)C)C1. The minimum absolute atomic E-state index is 0.0390. The van der Waals surface area contributed by atoms with Crippen molar-refractivity contribution in [3.05, 3.63) is 23.5 Å². The Balaban J connectivity index is 2.92. The van der Waals surface area contributed by atoms with E-state index >= 15 is 0 Å². The molecule has 0 aromatic carbocycles. The normalized spacial score (nSPS) is 25.2. The molecular weight excluding hydrogens is 240 g/mol. The monoisotopic (exact) mass is 268 g/mol. The molecule has 0 aromatic rings. The molecule has 0 heterocycles. The standard InChI is InChI=1S/C15H28O2Si/c1-11-8-9-13(12(2)16)14(10-11)17-18(6,7)15(3,4)5/h14,16H,1,8-10H2,2-7H3. The van der Waals surface area contributed by atoms with Crippen molar-refractivity contribution in [3.8, 4) is 0 Å². The summed E-state index contributed by atoms with van der Waals surface area (Å²) in [6, 6.07) is 0. The van der Waals surface area contributed by atoms with Crippen LogP contribution in [0.2, 0.25) is 18.1 Å². The van der Waals surface area contributed by atoms with Crippen molar-refractivity contribution in [2.24, 2.45) is 0 Å². The van der Waals surface area contributed by atoms with Crippen molar-refractivity contribution in [3.63, 3.8) is 0 Å². The van der Waals surface area contributed by atoms with Crippen molar-refractivity contribution >= 4 is 8.32 Å². The van der Waals surface area contributed by atoms with Gasteiger partial charge in [-0.3, -0.25) is 0 Å². The molecule has 104 valence electrons. The Hall–Kier alpha value is -0.543. The van der Waals surface area contributed by atoms with Crippen molar-refractivity contribution in [2.45, 2.75) is 71.2 Å². The molecule has 0 saturated heterocycles. The van der Waals surface area contributed by atoms with Crippen LogP contribution in [0.25, 0.3) is 0 Å². The van der Waals surface area contributed by atoms with Gasteiger partial charge in [-0.2, -0.15) is 0 Å². The number of allylic oxidation sites excluding steroid dienone is 1. The Kier molecular flexibility index (Phi) is 4.50. The minimum atomic E-state index is -1.80. The molecule has 3 heteroatoms. The molecule has 0 bridgehead atoms. The molecule has 0 aromatic heterocycles. The van der Waals surface area contributed by atoms with Crippen LogP contribution in [0.3, 0.4) is 0 Å². The van der Waals surface area contributed by atoms with E-state index in [1.165, 1.54) is 5.57 Å². The molecule has 0 spiro atoms. The maximum atomic E-state index is 9.82. The third-order valence-corrected chi connectivity index (χ3v) is 8.80. The van der Waals surface area contributed by atoms with Gasteiger partial charge in [0.2, 0.25) is 0 Å². The average Bonchev–Trinajstić information content (AvgIpc) is 2.14. The predicted octanol–water partition coefficient (Wildman–Crippen LogP) is 4.95. The Bertz CT molecular complexity index is 357. The van der Waals surface area contributed by atoms with Crippen LogP contribution in [-0.4, -0.2) is 19.5 Å². The summed E-state index contributed by atoms with van der Waals surface area (Å²) in [5, 5.41) is 10.0. The first-order valence-electron chi connectivity index (χ1n) is 6.77. The maximum Gasteiger partial charge on any atom is 0.192 e. The van der Waals surface area contributed by atoms with E-state index in [0.717, 1.165) is 24.8 Å². The molecule has 1 N–H and O–H groups in total. The number of rotatable bonds is 2. The van der Waals surface area contributed by atoms with Gasteiger partial charge in [0.1, 0.15) is 0 Å². The molecule has 1 fully saturated rings. The molecule has 0 radical (unpaired) electrons. The molecule has 0 aliphatic heterocycles. The Morgan fingerprint density at radius 1 is 1.33 bits per heavy atom. The van der Waals surface area contributed by atoms with Gasteiger partial charge in [-0.15, -0.1) is 0 Å². The van der Waals surface area contributed by atoms with E-state index in [2.05, 4.69) is 40.4 Å². The van der Waals surface area contributed by atoms with Gasteiger partial charge >= 0.3 is 0 Å². The first kappa shape index (κ1) is 15.5. The second-order valence-corrected chi connectivity index (χ2v) is 11.7. The van der Waals surface area contributed by atoms with E-state index in [1.54, 1.807) is 6.92 Å². The summed E-state index contributed by atoms with van der Waals surface area (Å²) in [5.74, 6) is 0.436. The average molecular weight is 268 g/mol. The first-order chi connectivity index (χ1) is 8.04. The highest BCUT2D eigenvalue weighted by molar-refractivity contribution is 6.74. The second kappa shape index (κ2) is 5.22. The summed E-state index contributed by atoms with van der Waals surface area (Å²) in [4.78, 5) is 0. The van der Waals surface area contributed by atoms with E-state index < -0.39 is 8.32 Å². The van der Waals surface area contributed by atoms with Gasteiger partial charge in [0, 0.05) is 0 Å². The lowest BCUT2D eigenvalue weighted by molar-refractivity contribution is 0.192. The van der Waals surface area contributed by atoms with E-state index in [1.807, 2.05) is 0 Å². The van der Waals surface area contributed by atoms with Gasteiger partial charge in [-0.1, -0.05) is 32.9 Å². The topological polar surface area (TPSA) is 29.5 Å². The van der Waals surface area contributed by atoms with Gasteiger partial charge in [-0.25, -0.2) is 0 Å². The molecule has 2 nitrogen and oxygen atoms in total. The lowest BCUT2D eigenvalue weighted by Crippen LogP contribution is -2.45. The van der Waals surface area contributed by atoms with Crippen LogP contribution in [0, 0.1) is 0 Å². The molecule has 18 heavy (non-hydrogen) atoms. The smallest absolute Gasteiger partial charge is 0.192 e. The molecule has 1 unspecified atom stereocenters. The van der Waals surface area contributed by atoms with Crippen molar-refractivity contribution < 1.29 is 9.53 Å². The van der Waals surface area contributed by atoms with Crippen LogP contribution in [-0.2, 0) is 4.43 Å². The van der Waals surface area contributed by atoms with Crippen LogP contribution in [0.4, 0.5) is 0 Å². The van der Waals surface area contributed by atoms with Crippen LogP contribution < -0.4 is 0 Å². The van der Waals surface area contributed by atoms with E-state index in [4.69, 9.17) is 4.43 Å². The molecule has 1 aliphatic rings. The third kappa shape index (κ3) is 3.48. The molecule has 1 aliphatic carbocycles. The van der Waals surface area contributed by atoms with E-state index in [0.29, 0.717) is 5.76 Å². The fraction of sp³-hybridized carbons (Fsp3) is 0.733. The number of aliphatic hydroxyl groups excluding tert-OH is 1. The Morgan fingerprint density at radius 2 is 1.89 bits per heavy atom. The minimum Gasteiger partial charge on any atom is -0.513 e.